The van der Waals surface area contributed by atoms with Crippen LogP contribution in [0.3, 0.4) is 0 Å². The number of aromatic nitrogens is 3. The van der Waals surface area contributed by atoms with Crippen molar-refractivity contribution in [2.24, 2.45) is 7.05 Å². The van der Waals surface area contributed by atoms with Crippen molar-refractivity contribution < 1.29 is 14.3 Å². The summed E-state index contributed by atoms with van der Waals surface area (Å²) < 4.78 is 7.64. The predicted molar refractivity (Wildman–Crippen MR) is 81.1 cm³/mol. The van der Waals surface area contributed by atoms with Gasteiger partial charge in [0.15, 0.2) is 0 Å². The highest BCUT2D eigenvalue weighted by Gasteiger charge is 2.19. The molecular weight excluding hydrogens is 308 g/mol. The van der Waals surface area contributed by atoms with Crippen molar-refractivity contribution >= 4 is 29.0 Å². The quantitative estimate of drug-likeness (QED) is 0.820. The normalized spacial score (nSPS) is 10.5. The summed E-state index contributed by atoms with van der Waals surface area (Å²) in [7, 11) is 1.60. The van der Waals surface area contributed by atoms with Gasteiger partial charge in [0.2, 0.25) is 5.91 Å². The second kappa shape index (κ2) is 6.56. The number of amides is 1. The number of rotatable bonds is 5. The molecule has 2 aromatic heterocycles. The Morgan fingerprint density at radius 3 is 2.77 bits per heavy atom. The van der Waals surface area contributed by atoms with Gasteiger partial charge in [-0.15, -0.1) is 0 Å². The smallest absolute Gasteiger partial charge is 0.343 e. The molecule has 0 saturated carbocycles. The Morgan fingerprint density at radius 2 is 2.18 bits per heavy atom. The summed E-state index contributed by atoms with van der Waals surface area (Å²) in [6.45, 7) is 3.55. The average molecular weight is 324 g/mol. The van der Waals surface area contributed by atoms with Crippen LogP contribution in [0, 0.1) is 6.92 Å². The molecule has 0 fully saturated rings. The number of nitrogens with zero attached hydrogens (tertiary/aromatic N) is 3. The lowest BCUT2D eigenvalue weighted by molar-refractivity contribution is -0.116. The molecule has 0 aliphatic carbocycles. The zero-order chi connectivity index (χ0) is 16.3. The third-order valence-electron chi connectivity index (χ3n) is 2.97. The van der Waals surface area contributed by atoms with Gasteiger partial charge in [0.05, 0.1) is 12.8 Å². The first-order valence-electron chi connectivity index (χ1n) is 6.58. The molecule has 0 saturated heterocycles. The van der Waals surface area contributed by atoms with E-state index in [0.717, 1.165) is 11.3 Å². The van der Waals surface area contributed by atoms with Crippen LogP contribution in [0.25, 0.3) is 0 Å². The van der Waals surface area contributed by atoms with Crippen molar-refractivity contribution in [3.63, 3.8) is 0 Å². The Hall–Kier alpha value is -2.42. The van der Waals surface area contributed by atoms with E-state index in [2.05, 4.69) is 10.4 Å². The fraction of sp³-hybridized carbons (Fsp3) is 0.385. The van der Waals surface area contributed by atoms with Crippen LogP contribution in [-0.2, 0) is 23.1 Å². The second-order valence-electron chi connectivity index (χ2n) is 4.53. The van der Waals surface area contributed by atoms with Crippen molar-refractivity contribution in [3.8, 4) is 0 Å². The van der Waals surface area contributed by atoms with Crippen molar-refractivity contribution in [3.05, 3.63) is 32.5 Å². The molecule has 1 N–H and O–H groups in total. The maximum absolute atomic E-state index is 12.1. The van der Waals surface area contributed by atoms with Gasteiger partial charge in [-0.1, -0.05) is 11.3 Å². The molecule has 2 rings (SSSR count). The van der Waals surface area contributed by atoms with Crippen LogP contribution in [-0.4, -0.2) is 32.8 Å². The summed E-state index contributed by atoms with van der Waals surface area (Å²) >= 11 is 1.03. The van der Waals surface area contributed by atoms with Gasteiger partial charge in [0.1, 0.15) is 17.9 Å². The minimum absolute atomic E-state index is 0.123. The second-order valence-corrected chi connectivity index (χ2v) is 5.35. The minimum Gasteiger partial charge on any atom is -0.462 e. The van der Waals surface area contributed by atoms with Crippen LogP contribution in [0.1, 0.15) is 23.0 Å². The number of thiazole rings is 1. The topological polar surface area (TPSA) is 95.2 Å². The Balaban J connectivity index is 2.17. The number of carbonyl (C=O) groups excluding carboxylic acids is 2. The van der Waals surface area contributed by atoms with E-state index in [0.29, 0.717) is 5.69 Å². The van der Waals surface area contributed by atoms with Gasteiger partial charge in [-0.25, -0.2) is 4.79 Å². The number of aryl methyl sites for hydroxylation is 2. The van der Waals surface area contributed by atoms with Gasteiger partial charge in [0, 0.05) is 18.1 Å². The Morgan fingerprint density at radius 1 is 1.45 bits per heavy atom. The van der Waals surface area contributed by atoms with E-state index >= 15 is 0 Å². The maximum atomic E-state index is 12.1. The van der Waals surface area contributed by atoms with Crippen LogP contribution < -0.4 is 10.2 Å². The molecule has 0 atom stereocenters. The standard InChI is InChI=1S/C13H16N4O4S/c1-4-21-12(19)9-5-14-16(3)11(9)15-10(18)6-17-8(2)7-22-13(17)20/h5,7H,4,6H2,1-3H3,(H,15,18). The monoisotopic (exact) mass is 324 g/mol. The third-order valence-corrected chi connectivity index (χ3v) is 3.85. The van der Waals surface area contributed by atoms with E-state index in [-0.39, 0.29) is 29.4 Å². The lowest BCUT2D eigenvalue weighted by Gasteiger charge is -2.09. The number of ether oxygens (including phenoxy) is 1. The number of hydrogen-bond donors (Lipinski definition) is 1. The molecule has 22 heavy (non-hydrogen) atoms. The largest absolute Gasteiger partial charge is 0.462 e. The van der Waals surface area contributed by atoms with Gasteiger partial charge in [-0.2, -0.15) is 5.10 Å². The van der Waals surface area contributed by atoms with Gasteiger partial charge in [0.25, 0.3) is 0 Å². The molecular formula is C13H16N4O4S. The summed E-state index contributed by atoms with van der Waals surface area (Å²) in [6.07, 6.45) is 1.33. The minimum atomic E-state index is -0.560. The number of hydrogen-bond acceptors (Lipinski definition) is 6. The highest BCUT2D eigenvalue weighted by atomic mass is 32.1. The molecule has 1 amide bonds. The predicted octanol–water partition coefficient (Wildman–Crippen LogP) is 0.767. The van der Waals surface area contributed by atoms with Crippen molar-refractivity contribution in [2.45, 2.75) is 20.4 Å². The molecule has 0 radical (unpaired) electrons. The summed E-state index contributed by atoms with van der Waals surface area (Å²) in [5.74, 6) is -0.739. The number of anilines is 1. The van der Waals surface area contributed by atoms with E-state index in [4.69, 9.17) is 4.74 Å². The number of carbonyl (C=O) groups is 2. The number of nitrogens with one attached hydrogen (secondary N) is 1. The van der Waals surface area contributed by atoms with Crippen molar-refractivity contribution in [2.75, 3.05) is 11.9 Å². The van der Waals surface area contributed by atoms with Crippen molar-refractivity contribution in [1.82, 2.24) is 14.3 Å². The Kier molecular flexibility index (Phi) is 4.76. The zero-order valence-electron chi connectivity index (χ0n) is 12.5. The van der Waals surface area contributed by atoms with Crippen LogP contribution in [0.5, 0.6) is 0 Å². The zero-order valence-corrected chi connectivity index (χ0v) is 13.3. The van der Waals surface area contributed by atoms with Crippen molar-refractivity contribution in [1.29, 1.82) is 0 Å². The van der Waals surface area contributed by atoms with Gasteiger partial charge < -0.3 is 10.1 Å². The summed E-state index contributed by atoms with van der Waals surface area (Å²) in [5.41, 5.74) is 0.882. The molecule has 2 heterocycles. The first-order chi connectivity index (χ1) is 10.4. The lowest BCUT2D eigenvalue weighted by Crippen LogP contribution is -2.26. The van der Waals surface area contributed by atoms with E-state index in [1.165, 1.54) is 15.4 Å². The molecule has 9 heteroatoms. The molecule has 0 unspecified atom stereocenters. The fourth-order valence-electron chi connectivity index (χ4n) is 1.86. The van der Waals surface area contributed by atoms with Gasteiger partial charge in [-0.05, 0) is 13.8 Å². The van der Waals surface area contributed by atoms with E-state index in [1.807, 2.05) is 0 Å². The van der Waals surface area contributed by atoms with Crippen LogP contribution in [0.2, 0.25) is 0 Å². The summed E-state index contributed by atoms with van der Waals surface area (Å²) in [6, 6.07) is 0. The van der Waals surface area contributed by atoms with E-state index in [9.17, 15) is 14.4 Å². The van der Waals surface area contributed by atoms with Crippen LogP contribution in [0.15, 0.2) is 16.4 Å². The Bertz CT molecular complexity index is 758. The van der Waals surface area contributed by atoms with Gasteiger partial charge >= 0.3 is 10.8 Å². The highest BCUT2D eigenvalue weighted by molar-refractivity contribution is 7.07. The SMILES string of the molecule is CCOC(=O)c1cnn(C)c1NC(=O)Cn1c(C)csc1=O. The first kappa shape index (κ1) is 16.0. The fourth-order valence-corrected chi connectivity index (χ4v) is 2.59. The molecule has 0 aliphatic heterocycles. The summed E-state index contributed by atoms with van der Waals surface area (Å²) in [5, 5.41) is 8.22. The van der Waals surface area contributed by atoms with Gasteiger partial charge in [-0.3, -0.25) is 18.8 Å². The first-order valence-corrected chi connectivity index (χ1v) is 7.46. The molecule has 0 aliphatic rings. The van der Waals surface area contributed by atoms with Crippen LogP contribution >= 0.6 is 11.3 Å². The van der Waals surface area contributed by atoms with Crippen LogP contribution in [0.4, 0.5) is 5.82 Å². The average Bonchev–Trinajstić information content (AvgIpc) is 2.97. The molecule has 0 bridgehead atoms. The molecule has 0 spiro atoms. The van der Waals surface area contributed by atoms with E-state index < -0.39 is 11.9 Å². The molecule has 2 aromatic rings. The molecule has 8 nitrogen and oxygen atoms in total. The maximum Gasteiger partial charge on any atom is 0.343 e. The molecule has 118 valence electrons. The number of esters is 1. The Labute approximate surface area is 130 Å². The van der Waals surface area contributed by atoms with E-state index in [1.54, 1.807) is 26.3 Å². The third kappa shape index (κ3) is 3.25. The molecule has 0 aromatic carbocycles. The lowest BCUT2D eigenvalue weighted by atomic mass is 10.3. The highest BCUT2D eigenvalue weighted by Crippen LogP contribution is 2.15. The summed E-state index contributed by atoms with van der Waals surface area (Å²) in [4.78, 5) is 35.3.